The van der Waals surface area contributed by atoms with E-state index in [0.717, 1.165) is 45.3 Å². The van der Waals surface area contributed by atoms with E-state index >= 15 is 0 Å². The fourth-order valence-corrected chi connectivity index (χ4v) is 3.89. The number of nitrogens with two attached hydrogens (primary N) is 1. The smallest absolute Gasteiger partial charge is 0.248 e. The largest absolute Gasteiger partial charge is 0.366 e. The first-order valence-electron chi connectivity index (χ1n) is 9.74. The Labute approximate surface area is 159 Å². The molecular formula is C20H28N4O3. The molecule has 3 rings (SSSR count). The van der Waals surface area contributed by atoms with E-state index in [1.807, 2.05) is 4.90 Å². The monoisotopic (exact) mass is 372 g/mol. The van der Waals surface area contributed by atoms with E-state index in [1.54, 1.807) is 24.3 Å². The summed E-state index contributed by atoms with van der Waals surface area (Å²) in [7, 11) is 0. The van der Waals surface area contributed by atoms with Crippen LogP contribution in [0.25, 0.3) is 0 Å². The maximum atomic E-state index is 12.7. The van der Waals surface area contributed by atoms with Crippen LogP contribution in [0, 0.1) is 5.92 Å². The molecule has 1 atom stereocenters. The quantitative estimate of drug-likeness (QED) is 0.818. The third-order valence-electron chi connectivity index (χ3n) is 5.34. The van der Waals surface area contributed by atoms with Crippen LogP contribution in [-0.4, -0.2) is 60.2 Å². The summed E-state index contributed by atoms with van der Waals surface area (Å²) >= 11 is 0. The Hall–Kier alpha value is -2.41. The molecule has 0 bridgehead atoms. The van der Waals surface area contributed by atoms with E-state index in [-0.39, 0.29) is 24.3 Å². The number of nitrogens with zero attached hydrogens (tertiary/aromatic N) is 2. The predicted molar refractivity (Wildman–Crippen MR) is 103 cm³/mol. The van der Waals surface area contributed by atoms with Gasteiger partial charge in [-0.25, -0.2) is 0 Å². The van der Waals surface area contributed by atoms with Gasteiger partial charge in [-0.1, -0.05) is 0 Å². The zero-order valence-corrected chi connectivity index (χ0v) is 15.7. The zero-order chi connectivity index (χ0) is 19.2. The van der Waals surface area contributed by atoms with Crippen LogP contribution in [-0.2, 0) is 9.59 Å². The second-order valence-corrected chi connectivity index (χ2v) is 7.45. The van der Waals surface area contributed by atoms with E-state index in [4.69, 9.17) is 5.73 Å². The van der Waals surface area contributed by atoms with Crippen molar-refractivity contribution in [2.75, 3.05) is 38.0 Å². The summed E-state index contributed by atoms with van der Waals surface area (Å²) in [5.74, 6) is -0.361. The van der Waals surface area contributed by atoms with Crippen molar-refractivity contribution in [3.8, 4) is 0 Å². The van der Waals surface area contributed by atoms with Crippen molar-refractivity contribution in [1.82, 2.24) is 9.80 Å². The lowest BCUT2D eigenvalue weighted by Gasteiger charge is -2.36. The first kappa shape index (κ1) is 19.4. The normalized spacial score (nSPS) is 20.9. The van der Waals surface area contributed by atoms with Gasteiger partial charge in [-0.3, -0.25) is 19.3 Å². The molecule has 27 heavy (non-hydrogen) atoms. The fraction of sp³-hybridized carbons (Fsp3) is 0.550. The fourth-order valence-electron chi connectivity index (χ4n) is 3.89. The molecule has 1 aromatic rings. The van der Waals surface area contributed by atoms with Crippen molar-refractivity contribution < 1.29 is 14.4 Å². The van der Waals surface area contributed by atoms with Crippen LogP contribution in [0.5, 0.6) is 0 Å². The summed E-state index contributed by atoms with van der Waals surface area (Å²) in [6.45, 7) is 3.48. The molecule has 146 valence electrons. The molecular weight excluding hydrogens is 344 g/mol. The molecule has 2 aliphatic heterocycles. The van der Waals surface area contributed by atoms with Crippen molar-refractivity contribution in [2.24, 2.45) is 11.7 Å². The van der Waals surface area contributed by atoms with Gasteiger partial charge < -0.3 is 16.0 Å². The number of anilines is 1. The van der Waals surface area contributed by atoms with Crippen molar-refractivity contribution in [3.63, 3.8) is 0 Å². The molecule has 0 aliphatic carbocycles. The summed E-state index contributed by atoms with van der Waals surface area (Å²) < 4.78 is 0. The van der Waals surface area contributed by atoms with Crippen LogP contribution in [0.4, 0.5) is 5.69 Å². The van der Waals surface area contributed by atoms with E-state index in [1.165, 1.54) is 6.42 Å². The molecule has 1 aromatic carbocycles. The highest BCUT2D eigenvalue weighted by atomic mass is 16.2. The van der Waals surface area contributed by atoms with Crippen LogP contribution < -0.4 is 11.1 Å². The summed E-state index contributed by atoms with van der Waals surface area (Å²) in [5, 5.41) is 2.83. The molecule has 2 saturated heterocycles. The van der Waals surface area contributed by atoms with Crippen molar-refractivity contribution in [2.45, 2.75) is 32.1 Å². The molecule has 2 heterocycles. The van der Waals surface area contributed by atoms with Crippen molar-refractivity contribution in [3.05, 3.63) is 29.8 Å². The minimum atomic E-state index is -0.495. The lowest BCUT2D eigenvalue weighted by Crippen LogP contribution is -2.47. The number of hydrogen-bond acceptors (Lipinski definition) is 4. The number of likely N-dealkylation sites (tertiary alicyclic amines) is 2. The maximum Gasteiger partial charge on any atom is 0.248 e. The molecule has 7 nitrogen and oxygen atoms in total. The Morgan fingerprint density at radius 2 is 1.70 bits per heavy atom. The van der Waals surface area contributed by atoms with Gasteiger partial charge in [0.2, 0.25) is 17.7 Å². The average Bonchev–Trinajstić information content (AvgIpc) is 2.68. The molecule has 3 N–H and O–H groups in total. The van der Waals surface area contributed by atoms with E-state index < -0.39 is 5.91 Å². The lowest BCUT2D eigenvalue weighted by molar-refractivity contribution is -0.138. The second-order valence-electron chi connectivity index (χ2n) is 7.45. The molecule has 7 heteroatoms. The number of benzene rings is 1. The summed E-state index contributed by atoms with van der Waals surface area (Å²) in [6.07, 6.45) is 5.24. The first-order chi connectivity index (χ1) is 13.0. The van der Waals surface area contributed by atoms with Crippen LogP contribution in [0.2, 0.25) is 0 Å². The van der Waals surface area contributed by atoms with Gasteiger partial charge in [-0.15, -0.1) is 0 Å². The van der Waals surface area contributed by atoms with E-state index in [9.17, 15) is 14.4 Å². The standard InChI is InChI=1S/C20H28N4O3/c21-19(26)15-6-8-17(9-7-15)22-18(25)14-23-10-4-5-16(13-23)20(27)24-11-2-1-3-12-24/h6-9,16H,1-5,10-14H2,(H2,21,26)(H,22,25)/t16-/m0/s1. The van der Waals surface area contributed by atoms with Crippen molar-refractivity contribution >= 4 is 23.4 Å². The van der Waals surface area contributed by atoms with Crippen LogP contribution in [0.3, 0.4) is 0 Å². The number of carbonyl (C=O) groups is 3. The van der Waals surface area contributed by atoms with Gasteiger partial charge >= 0.3 is 0 Å². The topological polar surface area (TPSA) is 95.7 Å². The Morgan fingerprint density at radius 1 is 1.00 bits per heavy atom. The number of primary amides is 1. The number of hydrogen-bond donors (Lipinski definition) is 2. The second kappa shape index (κ2) is 8.99. The van der Waals surface area contributed by atoms with E-state index in [0.29, 0.717) is 17.8 Å². The highest BCUT2D eigenvalue weighted by Gasteiger charge is 2.30. The van der Waals surface area contributed by atoms with Gasteiger partial charge in [0.25, 0.3) is 0 Å². The summed E-state index contributed by atoms with van der Waals surface area (Å²) in [5.41, 5.74) is 6.25. The summed E-state index contributed by atoms with van der Waals surface area (Å²) in [6, 6.07) is 6.51. The Kier molecular flexibility index (Phi) is 6.45. The Bertz CT molecular complexity index is 683. The molecule has 0 spiro atoms. The molecule has 3 amide bonds. The number of nitrogens with one attached hydrogen (secondary N) is 1. The third-order valence-corrected chi connectivity index (χ3v) is 5.34. The zero-order valence-electron chi connectivity index (χ0n) is 15.7. The summed E-state index contributed by atoms with van der Waals surface area (Å²) in [4.78, 5) is 40.2. The Balaban J connectivity index is 1.50. The minimum Gasteiger partial charge on any atom is -0.366 e. The minimum absolute atomic E-state index is 0.000463. The van der Waals surface area contributed by atoms with E-state index in [2.05, 4.69) is 10.2 Å². The van der Waals surface area contributed by atoms with Crippen LogP contribution in [0.1, 0.15) is 42.5 Å². The number of carbonyl (C=O) groups excluding carboxylic acids is 3. The number of piperidine rings is 2. The SMILES string of the molecule is NC(=O)c1ccc(NC(=O)CN2CCC[C@H](C(=O)N3CCCCC3)C2)cc1. The van der Waals surface area contributed by atoms with Gasteiger partial charge in [-0.2, -0.15) is 0 Å². The highest BCUT2D eigenvalue weighted by Crippen LogP contribution is 2.21. The molecule has 0 unspecified atom stereocenters. The molecule has 0 radical (unpaired) electrons. The lowest BCUT2D eigenvalue weighted by atomic mass is 9.95. The highest BCUT2D eigenvalue weighted by molar-refractivity contribution is 5.95. The molecule has 2 aliphatic rings. The predicted octanol–water partition coefficient (Wildman–Crippen LogP) is 1.45. The first-order valence-corrected chi connectivity index (χ1v) is 9.74. The van der Waals surface area contributed by atoms with Gasteiger partial charge in [0.1, 0.15) is 0 Å². The van der Waals surface area contributed by atoms with Crippen LogP contribution in [0.15, 0.2) is 24.3 Å². The molecule has 0 saturated carbocycles. The number of amides is 3. The van der Waals surface area contributed by atoms with Gasteiger partial charge in [0.15, 0.2) is 0 Å². The van der Waals surface area contributed by atoms with Crippen LogP contribution >= 0.6 is 0 Å². The maximum absolute atomic E-state index is 12.7. The Morgan fingerprint density at radius 3 is 2.37 bits per heavy atom. The van der Waals surface area contributed by atoms with Gasteiger partial charge in [-0.05, 0) is 62.9 Å². The molecule has 0 aromatic heterocycles. The third kappa shape index (κ3) is 5.29. The number of rotatable bonds is 5. The van der Waals surface area contributed by atoms with Gasteiger partial charge in [0.05, 0.1) is 12.5 Å². The average molecular weight is 372 g/mol. The van der Waals surface area contributed by atoms with Crippen molar-refractivity contribution in [1.29, 1.82) is 0 Å². The molecule has 2 fully saturated rings. The van der Waals surface area contributed by atoms with Gasteiger partial charge in [0, 0.05) is 30.9 Å².